The second-order valence-electron chi connectivity index (χ2n) is 5.18. The molecule has 0 saturated heterocycles. The molecule has 119 valence electrons. The third-order valence-electron chi connectivity index (χ3n) is 3.45. The molecule has 3 aromatic rings. The molecular formula is C17H15NNaO4S. The molecule has 0 spiro atoms. The van der Waals surface area contributed by atoms with Crippen LogP contribution < -0.4 is 4.74 Å². The monoisotopic (exact) mass is 352 g/mol. The van der Waals surface area contributed by atoms with Gasteiger partial charge in [0.2, 0.25) is 0 Å². The number of para-hydroxylation sites is 1. The standard InChI is InChI=1S/C17H15NO4S.Na/c1-12-10-13(16-4-2-3-5-17(16)18-12)11-22-14-6-8-15(9-7-14)23(19,20)21;/h2-10H,11H2,1H3,(H,19,20,21);. The van der Waals surface area contributed by atoms with Crippen molar-refractivity contribution in [1.29, 1.82) is 0 Å². The molecule has 0 saturated carbocycles. The van der Waals surface area contributed by atoms with E-state index in [1.165, 1.54) is 24.3 Å². The summed E-state index contributed by atoms with van der Waals surface area (Å²) in [5, 5.41) is 1.02. The van der Waals surface area contributed by atoms with Gasteiger partial charge in [-0.2, -0.15) is 8.42 Å². The molecule has 5 nitrogen and oxygen atoms in total. The molecule has 0 aliphatic heterocycles. The van der Waals surface area contributed by atoms with Gasteiger partial charge in [0, 0.05) is 46.2 Å². The Labute approximate surface area is 162 Å². The van der Waals surface area contributed by atoms with Crippen molar-refractivity contribution in [2.24, 2.45) is 0 Å². The Kier molecular flexibility index (Phi) is 6.01. The maximum Gasteiger partial charge on any atom is 0.294 e. The fourth-order valence-corrected chi connectivity index (χ4v) is 2.86. The summed E-state index contributed by atoms with van der Waals surface area (Å²) >= 11 is 0. The minimum Gasteiger partial charge on any atom is -0.489 e. The van der Waals surface area contributed by atoms with Crippen molar-refractivity contribution in [1.82, 2.24) is 4.98 Å². The quantitative estimate of drug-likeness (QED) is 0.577. The topological polar surface area (TPSA) is 76.5 Å². The smallest absolute Gasteiger partial charge is 0.294 e. The van der Waals surface area contributed by atoms with Crippen LogP contribution in [0.25, 0.3) is 10.9 Å². The maximum absolute atomic E-state index is 11.0. The van der Waals surface area contributed by atoms with Crippen LogP contribution in [0.3, 0.4) is 0 Å². The molecule has 0 aliphatic carbocycles. The van der Waals surface area contributed by atoms with Gasteiger partial charge in [0.25, 0.3) is 10.1 Å². The number of fused-ring (bicyclic) bond motifs is 1. The van der Waals surface area contributed by atoms with Gasteiger partial charge in [-0.25, -0.2) is 0 Å². The van der Waals surface area contributed by atoms with Crippen molar-refractivity contribution in [3.05, 3.63) is 65.9 Å². The molecule has 7 heteroatoms. The predicted octanol–water partition coefficient (Wildman–Crippen LogP) is 2.99. The Morgan fingerprint density at radius 3 is 2.42 bits per heavy atom. The van der Waals surface area contributed by atoms with Crippen LogP contribution in [0.5, 0.6) is 5.75 Å². The Balaban J connectivity index is 0.00000208. The molecule has 24 heavy (non-hydrogen) atoms. The van der Waals surface area contributed by atoms with Gasteiger partial charge in [-0.05, 0) is 43.3 Å². The third kappa shape index (κ3) is 4.34. The molecule has 1 aromatic heterocycles. The van der Waals surface area contributed by atoms with Crippen molar-refractivity contribution in [2.45, 2.75) is 18.4 Å². The molecule has 0 amide bonds. The summed E-state index contributed by atoms with van der Waals surface area (Å²) < 4.78 is 36.7. The van der Waals surface area contributed by atoms with Crippen molar-refractivity contribution < 1.29 is 17.7 Å². The summed E-state index contributed by atoms with van der Waals surface area (Å²) in [5.74, 6) is 0.524. The number of ether oxygens (including phenoxy) is 1. The van der Waals surface area contributed by atoms with E-state index in [-0.39, 0.29) is 34.5 Å². The predicted molar refractivity (Wildman–Crippen MR) is 92.8 cm³/mol. The number of hydrogen-bond acceptors (Lipinski definition) is 4. The number of aromatic nitrogens is 1. The SMILES string of the molecule is Cc1cc(COc2ccc(S(=O)(=O)O)cc2)c2ccccc2n1.[Na]. The van der Waals surface area contributed by atoms with Crippen LogP contribution in [-0.4, -0.2) is 47.5 Å². The van der Waals surface area contributed by atoms with E-state index in [4.69, 9.17) is 9.29 Å². The summed E-state index contributed by atoms with van der Waals surface area (Å²) in [4.78, 5) is 4.32. The summed E-state index contributed by atoms with van der Waals surface area (Å²) in [6, 6.07) is 15.4. The first kappa shape index (κ1) is 18.9. The van der Waals surface area contributed by atoms with Crippen molar-refractivity contribution >= 4 is 50.6 Å². The summed E-state index contributed by atoms with van der Waals surface area (Å²) in [6.07, 6.45) is 0. The van der Waals surface area contributed by atoms with Crippen molar-refractivity contribution in [3.63, 3.8) is 0 Å². The third-order valence-corrected chi connectivity index (χ3v) is 4.31. The van der Waals surface area contributed by atoms with E-state index >= 15 is 0 Å². The Bertz CT molecular complexity index is 956. The van der Waals surface area contributed by atoms with Crippen molar-refractivity contribution in [2.75, 3.05) is 0 Å². The first-order valence-electron chi connectivity index (χ1n) is 6.99. The summed E-state index contributed by atoms with van der Waals surface area (Å²) in [6.45, 7) is 2.27. The van der Waals surface area contributed by atoms with Crippen molar-refractivity contribution in [3.8, 4) is 5.75 Å². The van der Waals surface area contributed by atoms with Gasteiger partial charge < -0.3 is 4.74 Å². The van der Waals surface area contributed by atoms with Crippen LogP contribution in [0.4, 0.5) is 0 Å². The maximum atomic E-state index is 11.0. The minimum atomic E-state index is -4.18. The van der Waals surface area contributed by atoms with Crippen LogP contribution in [0.2, 0.25) is 0 Å². The Hall–Kier alpha value is -1.44. The molecule has 1 N–H and O–H groups in total. The van der Waals surface area contributed by atoms with Gasteiger partial charge in [-0.1, -0.05) is 18.2 Å². The molecule has 1 heterocycles. The molecule has 0 fully saturated rings. The van der Waals surface area contributed by atoms with E-state index in [0.29, 0.717) is 12.4 Å². The van der Waals surface area contributed by atoms with Gasteiger partial charge in [-0.3, -0.25) is 9.54 Å². The zero-order valence-corrected chi connectivity index (χ0v) is 16.2. The second kappa shape index (κ2) is 7.63. The molecule has 2 aromatic carbocycles. The number of aryl methyl sites for hydroxylation is 1. The van der Waals surface area contributed by atoms with Crippen LogP contribution in [0, 0.1) is 6.92 Å². The second-order valence-corrected chi connectivity index (χ2v) is 6.60. The molecule has 0 aliphatic rings. The van der Waals surface area contributed by atoms with Crippen LogP contribution in [0.15, 0.2) is 59.5 Å². The summed E-state index contributed by atoms with van der Waals surface area (Å²) in [5.41, 5.74) is 2.82. The van der Waals surface area contributed by atoms with Gasteiger partial charge in [0.1, 0.15) is 12.4 Å². The molecule has 3 rings (SSSR count). The fraction of sp³-hybridized carbons (Fsp3) is 0.118. The van der Waals surface area contributed by atoms with E-state index in [1.807, 2.05) is 37.3 Å². The first-order valence-corrected chi connectivity index (χ1v) is 8.43. The van der Waals surface area contributed by atoms with Gasteiger partial charge >= 0.3 is 0 Å². The zero-order chi connectivity index (χ0) is 16.4. The van der Waals surface area contributed by atoms with Gasteiger partial charge in [-0.15, -0.1) is 0 Å². The number of pyridine rings is 1. The van der Waals surface area contributed by atoms with Gasteiger partial charge in [0.15, 0.2) is 0 Å². The number of nitrogens with zero attached hydrogens (tertiary/aromatic N) is 1. The average Bonchev–Trinajstić information content (AvgIpc) is 2.52. The van der Waals surface area contributed by atoms with E-state index in [1.54, 1.807) is 0 Å². The molecule has 1 radical (unpaired) electrons. The van der Waals surface area contributed by atoms with E-state index in [9.17, 15) is 8.42 Å². The molecular weight excluding hydrogens is 337 g/mol. The molecule has 0 unspecified atom stereocenters. The van der Waals surface area contributed by atoms with Crippen LogP contribution in [0.1, 0.15) is 11.3 Å². The molecule has 0 atom stereocenters. The minimum absolute atomic E-state index is 0. The largest absolute Gasteiger partial charge is 0.489 e. The molecule has 0 bridgehead atoms. The summed E-state index contributed by atoms with van der Waals surface area (Å²) in [7, 11) is -4.18. The number of benzene rings is 2. The van der Waals surface area contributed by atoms with E-state index < -0.39 is 10.1 Å². The first-order chi connectivity index (χ1) is 10.9. The Morgan fingerprint density at radius 2 is 1.75 bits per heavy atom. The number of rotatable bonds is 4. The normalized spacial score (nSPS) is 11.1. The van der Waals surface area contributed by atoms with Crippen LogP contribution in [-0.2, 0) is 16.7 Å². The average molecular weight is 352 g/mol. The van der Waals surface area contributed by atoms with E-state index in [2.05, 4.69) is 4.98 Å². The van der Waals surface area contributed by atoms with Gasteiger partial charge in [0.05, 0.1) is 10.4 Å². The van der Waals surface area contributed by atoms with E-state index in [0.717, 1.165) is 22.2 Å². The zero-order valence-electron chi connectivity index (χ0n) is 13.4. The van der Waals surface area contributed by atoms with Crippen LogP contribution >= 0.6 is 0 Å². The number of hydrogen-bond donors (Lipinski definition) is 1. The Morgan fingerprint density at radius 1 is 1.08 bits per heavy atom. The fourth-order valence-electron chi connectivity index (χ4n) is 2.38.